The van der Waals surface area contributed by atoms with E-state index in [0.717, 1.165) is 22.7 Å². The van der Waals surface area contributed by atoms with Crippen LogP contribution in [-0.4, -0.2) is 25.6 Å². The number of aromatic nitrogens is 1. The van der Waals surface area contributed by atoms with Crippen molar-refractivity contribution >= 4 is 37.2 Å². The number of pyridine rings is 2. The fourth-order valence-electron chi connectivity index (χ4n) is 5.55. The molecule has 0 saturated carbocycles. The van der Waals surface area contributed by atoms with Crippen LogP contribution in [0.25, 0.3) is 60.7 Å². The van der Waals surface area contributed by atoms with E-state index in [0.29, 0.717) is 0 Å². The third-order valence-electron chi connectivity index (χ3n) is 7.69. The van der Waals surface area contributed by atoms with E-state index in [1.54, 1.807) is 7.11 Å². The van der Waals surface area contributed by atoms with Crippen LogP contribution in [0.5, 0.6) is 5.75 Å². The van der Waals surface area contributed by atoms with Crippen molar-refractivity contribution < 1.29 is 35.3 Å². The third-order valence-corrected chi connectivity index (χ3v) is 8.26. The molecule has 0 aliphatic rings. The molecule has 5 nitrogen and oxygen atoms in total. The highest BCUT2D eigenvalue weighted by molar-refractivity contribution is 7.86. The number of halogens is 3. The quantitative estimate of drug-likeness (QED) is 0.0837. The Morgan fingerprint density at radius 1 is 0.609 bits per heavy atom. The summed E-state index contributed by atoms with van der Waals surface area (Å²) in [4.78, 5) is 0. The number of benzene rings is 5. The van der Waals surface area contributed by atoms with Gasteiger partial charge in [0.2, 0.25) is 16.9 Å². The summed E-state index contributed by atoms with van der Waals surface area (Å²) in [7, 11) is -4.39. The number of nitrogens with zero attached hydrogens (tertiary/aromatic N) is 1. The average molecular weight is 638 g/mol. The molecule has 0 radical (unpaired) electrons. The zero-order valence-corrected chi connectivity index (χ0v) is 25.2. The summed E-state index contributed by atoms with van der Waals surface area (Å²) in [5, 5.41) is 4.97. The molecule has 2 heterocycles. The van der Waals surface area contributed by atoms with Gasteiger partial charge in [-0.2, -0.15) is 17.6 Å². The van der Waals surface area contributed by atoms with Crippen LogP contribution in [0.1, 0.15) is 0 Å². The maximum Gasteiger partial charge on any atom is 0.485 e. The van der Waals surface area contributed by atoms with Crippen molar-refractivity contribution in [1.29, 1.82) is 0 Å². The van der Waals surface area contributed by atoms with Gasteiger partial charge >= 0.3 is 5.51 Å². The molecule has 0 bridgehead atoms. The van der Waals surface area contributed by atoms with Crippen molar-refractivity contribution in [2.75, 3.05) is 7.11 Å². The Bertz CT molecular complexity index is 2300. The van der Waals surface area contributed by atoms with Crippen LogP contribution in [-0.2, 0) is 10.1 Å². The minimum atomic E-state index is -6.09. The number of rotatable bonds is 4. The number of hydrogen-bond donors (Lipinski definition) is 0. The minimum absolute atomic E-state index is 0.854. The molecule has 7 aromatic rings. The van der Waals surface area contributed by atoms with Gasteiger partial charge < -0.3 is 9.29 Å². The first-order chi connectivity index (χ1) is 22.0. The van der Waals surface area contributed by atoms with E-state index in [2.05, 4.69) is 132 Å². The van der Waals surface area contributed by atoms with E-state index in [-0.39, 0.29) is 0 Å². The summed E-state index contributed by atoms with van der Waals surface area (Å²) in [6.45, 7) is 0. The van der Waals surface area contributed by atoms with Crippen LogP contribution in [0.3, 0.4) is 0 Å². The highest BCUT2D eigenvalue weighted by Gasteiger charge is 2.37. The minimum Gasteiger partial charge on any atom is -0.741 e. The van der Waals surface area contributed by atoms with Crippen LogP contribution in [0.15, 0.2) is 140 Å². The largest absolute Gasteiger partial charge is 0.741 e. The molecule has 0 fully saturated rings. The molecule has 5 aromatic carbocycles. The summed E-state index contributed by atoms with van der Waals surface area (Å²) < 4.78 is 66.7. The molecular weight excluding hydrogens is 611 g/mol. The van der Waals surface area contributed by atoms with E-state index >= 15 is 0 Å². The molecule has 9 heteroatoms. The molecule has 230 valence electrons. The van der Waals surface area contributed by atoms with Crippen LogP contribution in [0, 0.1) is 0 Å². The second kappa shape index (κ2) is 12.3. The SMILES string of the molecule is COc1ccc(-c2cccc3c4cc(-c5cccc6ccccc56)ccc4cc(-c4ccccc4)[n+]23)cc1.O=S(=O)([O-])C(F)(F)F. The Hall–Kier alpha value is -5.25. The Labute approximate surface area is 263 Å². The molecule has 0 N–H and O–H groups in total. The van der Waals surface area contributed by atoms with Crippen LogP contribution < -0.4 is 9.14 Å². The van der Waals surface area contributed by atoms with Gasteiger partial charge in [-0.25, -0.2) is 8.42 Å². The summed E-state index contributed by atoms with van der Waals surface area (Å²) >= 11 is 0. The molecule has 0 aliphatic carbocycles. The Morgan fingerprint density at radius 2 is 1.22 bits per heavy atom. The first kappa shape index (κ1) is 30.8. The zero-order valence-electron chi connectivity index (χ0n) is 24.4. The van der Waals surface area contributed by atoms with E-state index in [1.165, 1.54) is 43.8 Å². The summed E-state index contributed by atoms with van der Waals surface area (Å²) in [5.74, 6) is 0.854. The molecule has 0 amide bonds. The molecular formula is C37H26F3NO4S. The first-order valence-electron chi connectivity index (χ1n) is 14.2. The average Bonchev–Trinajstić information content (AvgIpc) is 3.07. The number of hydrogen-bond acceptors (Lipinski definition) is 4. The van der Waals surface area contributed by atoms with Gasteiger partial charge in [0.1, 0.15) is 5.75 Å². The molecule has 46 heavy (non-hydrogen) atoms. The smallest absolute Gasteiger partial charge is 0.485 e. The van der Waals surface area contributed by atoms with Crippen LogP contribution in [0.2, 0.25) is 0 Å². The number of methoxy groups -OCH3 is 1. The van der Waals surface area contributed by atoms with Crippen molar-refractivity contribution in [3.63, 3.8) is 0 Å². The normalized spacial score (nSPS) is 11.8. The molecule has 0 unspecified atom stereocenters. The van der Waals surface area contributed by atoms with Gasteiger partial charge in [-0.15, -0.1) is 0 Å². The first-order valence-corrected chi connectivity index (χ1v) is 15.6. The van der Waals surface area contributed by atoms with Gasteiger partial charge in [-0.3, -0.25) is 0 Å². The molecule has 0 atom stereocenters. The molecule has 0 aliphatic heterocycles. The summed E-state index contributed by atoms with van der Waals surface area (Å²) in [5.41, 5.74) is 2.63. The van der Waals surface area contributed by atoms with E-state index < -0.39 is 15.6 Å². The van der Waals surface area contributed by atoms with Gasteiger partial charge in [0.25, 0.3) is 0 Å². The fraction of sp³-hybridized carbons (Fsp3) is 0.0541. The lowest BCUT2D eigenvalue weighted by atomic mass is 9.95. The van der Waals surface area contributed by atoms with Crippen molar-refractivity contribution in [2.24, 2.45) is 0 Å². The maximum absolute atomic E-state index is 10.7. The van der Waals surface area contributed by atoms with Gasteiger partial charge in [-0.05, 0) is 75.8 Å². The molecule has 0 spiro atoms. The number of ether oxygens (including phenoxy) is 1. The highest BCUT2D eigenvalue weighted by atomic mass is 32.2. The van der Waals surface area contributed by atoms with Gasteiger partial charge in [0.05, 0.1) is 12.5 Å². The molecule has 2 aromatic heterocycles. The van der Waals surface area contributed by atoms with E-state index in [1.807, 2.05) is 12.1 Å². The van der Waals surface area contributed by atoms with Crippen LogP contribution in [0.4, 0.5) is 13.2 Å². The Balaban J connectivity index is 0.000000414. The van der Waals surface area contributed by atoms with Crippen molar-refractivity contribution in [2.45, 2.75) is 5.51 Å². The topological polar surface area (TPSA) is 70.5 Å². The lowest BCUT2D eigenvalue weighted by molar-refractivity contribution is -0.485. The standard InChI is InChI=1S/C36H26NO.CHF3O3S/c1-38-30-21-19-27(20-22-30)34-15-8-16-35-33-23-28(32-14-7-12-25-9-5-6-13-31(25)32)17-18-29(33)24-36(37(34)35)26-10-3-2-4-11-26;2-1(3,4)8(5,6)7/h2-24H,1H3;(H,5,6,7)/q+1;/p-1. The van der Waals surface area contributed by atoms with Crippen molar-refractivity contribution in [3.05, 3.63) is 140 Å². The fourth-order valence-corrected chi connectivity index (χ4v) is 5.55. The van der Waals surface area contributed by atoms with Crippen molar-refractivity contribution in [3.8, 4) is 39.4 Å². The zero-order chi connectivity index (χ0) is 32.5. The summed E-state index contributed by atoms with van der Waals surface area (Å²) in [6.07, 6.45) is 0. The molecule has 0 saturated heterocycles. The third kappa shape index (κ3) is 6.02. The van der Waals surface area contributed by atoms with Crippen molar-refractivity contribution in [1.82, 2.24) is 0 Å². The predicted octanol–water partition coefficient (Wildman–Crippen LogP) is 8.79. The van der Waals surface area contributed by atoms with Gasteiger partial charge in [-0.1, -0.05) is 72.8 Å². The Morgan fingerprint density at radius 3 is 1.91 bits per heavy atom. The number of alkyl halides is 3. The van der Waals surface area contributed by atoms with Gasteiger partial charge in [0.15, 0.2) is 10.1 Å². The second-order valence-corrected chi connectivity index (χ2v) is 11.9. The molecule has 7 rings (SSSR count). The highest BCUT2D eigenvalue weighted by Crippen LogP contribution is 2.34. The number of fused-ring (bicyclic) bond motifs is 4. The van der Waals surface area contributed by atoms with E-state index in [4.69, 9.17) is 17.7 Å². The second-order valence-electron chi connectivity index (χ2n) is 10.5. The van der Waals surface area contributed by atoms with Gasteiger partial charge in [0, 0.05) is 29.3 Å². The lowest BCUT2D eigenvalue weighted by Gasteiger charge is -2.11. The van der Waals surface area contributed by atoms with E-state index in [9.17, 15) is 13.2 Å². The maximum atomic E-state index is 10.7. The predicted molar refractivity (Wildman–Crippen MR) is 173 cm³/mol. The lowest BCUT2D eigenvalue weighted by Crippen LogP contribution is -2.28. The Kier molecular flexibility index (Phi) is 8.20. The van der Waals surface area contributed by atoms with Crippen LogP contribution >= 0.6 is 0 Å². The summed E-state index contributed by atoms with van der Waals surface area (Å²) in [6, 6.07) is 49.9. The monoisotopic (exact) mass is 637 g/mol.